The van der Waals surface area contributed by atoms with E-state index in [4.69, 9.17) is 0 Å². The second-order valence-corrected chi connectivity index (χ2v) is 7.40. The highest BCUT2D eigenvalue weighted by Gasteiger charge is 2.27. The molecule has 0 aromatic heterocycles. The smallest absolute Gasteiger partial charge is 0.0718 e. The van der Waals surface area contributed by atoms with E-state index < -0.39 is 5.60 Å². The number of nitrogens with zero attached hydrogens (tertiary/aromatic N) is 2. The molecule has 1 N–H and O–H groups in total. The second kappa shape index (κ2) is 6.55. The Bertz CT molecular complexity index is 274. The molecule has 0 radical (unpaired) electrons. The van der Waals surface area contributed by atoms with Crippen molar-refractivity contribution in [3.8, 4) is 0 Å². The van der Waals surface area contributed by atoms with Crippen LogP contribution in [0.1, 0.15) is 52.9 Å². The Morgan fingerprint density at radius 3 is 2.58 bits per heavy atom. The molecule has 0 aromatic carbocycles. The summed E-state index contributed by atoms with van der Waals surface area (Å²) in [5.74, 6) is 0.802. The zero-order chi connectivity index (χ0) is 13.9. The van der Waals surface area contributed by atoms with Crippen LogP contribution in [0.3, 0.4) is 0 Å². The molecular formula is C16H32N2O. The Morgan fingerprint density at radius 1 is 1.11 bits per heavy atom. The Morgan fingerprint density at radius 2 is 1.89 bits per heavy atom. The largest absolute Gasteiger partial charge is 0.389 e. The van der Waals surface area contributed by atoms with Gasteiger partial charge >= 0.3 is 0 Å². The van der Waals surface area contributed by atoms with Crippen LogP contribution in [-0.2, 0) is 0 Å². The average molecular weight is 268 g/mol. The fourth-order valence-corrected chi connectivity index (χ4v) is 3.75. The van der Waals surface area contributed by atoms with Crippen molar-refractivity contribution < 1.29 is 5.11 Å². The van der Waals surface area contributed by atoms with Gasteiger partial charge < -0.3 is 14.9 Å². The number of β-amino-alcohol motifs (C(OH)–C–C–N with tert-alkyl or cyclic N) is 1. The summed E-state index contributed by atoms with van der Waals surface area (Å²) in [5, 5.41) is 9.97. The van der Waals surface area contributed by atoms with E-state index >= 15 is 0 Å². The number of hydrogen-bond donors (Lipinski definition) is 1. The molecule has 2 aliphatic heterocycles. The van der Waals surface area contributed by atoms with Crippen LogP contribution in [0.5, 0.6) is 0 Å². The highest BCUT2D eigenvalue weighted by Crippen LogP contribution is 2.23. The molecule has 2 atom stereocenters. The van der Waals surface area contributed by atoms with Gasteiger partial charge in [0.1, 0.15) is 0 Å². The van der Waals surface area contributed by atoms with E-state index in [1.807, 2.05) is 13.8 Å². The number of likely N-dealkylation sites (tertiary alicyclic amines) is 2. The first kappa shape index (κ1) is 15.3. The van der Waals surface area contributed by atoms with Crippen molar-refractivity contribution in [3.05, 3.63) is 0 Å². The summed E-state index contributed by atoms with van der Waals surface area (Å²) < 4.78 is 0. The lowest BCUT2D eigenvalue weighted by Crippen LogP contribution is -2.48. The highest BCUT2D eigenvalue weighted by molar-refractivity contribution is 4.82. The van der Waals surface area contributed by atoms with Crippen LogP contribution in [0.25, 0.3) is 0 Å². The van der Waals surface area contributed by atoms with Gasteiger partial charge in [-0.05, 0) is 65.5 Å². The summed E-state index contributed by atoms with van der Waals surface area (Å²) in [6, 6.07) is 0.776. The van der Waals surface area contributed by atoms with E-state index in [1.165, 1.54) is 51.7 Å². The van der Waals surface area contributed by atoms with Crippen molar-refractivity contribution in [1.29, 1.82) is 0 Å². The minimum atomic E-state index is -0.555. The van der Waals surface area contributed by atoms with E-state index in [2.05, 4.69) is 16.7 Å². The minimum absolute atomic E-state index is 0.555. The lowest BCUT2D eigenvalue weighted by atomic mass is 9.94. The van der Waals surface area contributed by atoms with Crippen LogP contribution >= 0.6 is 0 Å². The fraction of sp³-hybridized carbons (Fsp3) is 1.00. The molecule has 3 heteroatoms. The molecule has 0 spiro atoms. The summed E-state index contributed by atoms with van der Waals surface area (Å²) in [6.45, 7) is 11.9. The Hall–Kier alpha value is -0.120. The SMILES string of the molecule is CC1CCCCN1CC1CCCN(CC(C)(C)O)C1. The van der Waals surface area contributed by atoms with Gasteiger partial charge in [-0.25, -0.2) is 0 Å². The second-order valence-electron chi connectivity index (χ2n) is 7.40. The van der Waals surface area contributed by atoms with Crippen LogP contribution in [0.2, 0.25) is 0 Å². The molecule has 2 saturated heterocycles. The maximum atomic E-state index is 9.97. The molecule has 0 aliphatic carbocycles. The van der Waals surface area contributed by atoms with Gasteiger partial charge in [0.25, 0.3) is 0 Å². The standard InChI is InChI=1S/C16H32N2O/c1-14-7-4-5-10-18(14)12-15-8-6-9-17(11-15)13-16(2,3)19/h14-15,19H,4-13H2,1-3H3. The van der Waals surface area contributed by atoms with E-state index in [9.17, 15) is 5.11 Å². The normalized spacial score (nSPS) is 31.6. The van der Waals surface area contributed by atoms with Gasteiger partial charge in [0.15, 0.2) is 0 Å². The van der Waals surface area contributed by atoms with Gasteiger partial charge in [-0.2, -0.15) is 0 Å². The van der Waals surface area contributed by atoms with Crippen LogP contribution in [0.15, 0.2) is 0 Å². The van der Waals surface area contributed by atoms with Crippen molar-refractivity contribution in [1.82, 2.24) is 9.80 Å². The third kappa shape index (κ3) is 5.05. The van der Waals surface area contributed by atoms with Gasteiger partial charge in [-0.3, -0.25) is 0 Å². The number of hydrogen-bond acceptors (Lipinski definition) is 3. The van der Waals surface area contributed by atoms with Gasteiger partial charge in [-0.1, -0.05) is 6.42 Å². The Balaban J connectivity index is 1.80. The molecule has 0 amide bonds. The highest BCUT2D eigenvalue weighted by atomic mass is 16.3. The Kier molecular flexibility index (Phi) is 5.27. The first-order valence-electron chi connectivity index (χ1n) is 8.13. The summed E-state index contributed by atoms with van der Waals surface area (Å²) in [6.07, 6.45) is 6.83. The monoisotopic (exact) mass is 268 g/mol. The van der Waals surface area contributed by atoms with Gasteiger partial charge in [-0.15, -0.1) is 0 Å². The van der Waals surface area contributed by atoms with E-state index in [1.54, 1.807) is 0 Å². The molecule has 2 aliphatic rings. The van der Waals surface area contributed by atoms with Crippen molar-refractivity contribution in [2.24, 2.45) is 5.92 Å². The summed E-state index contributed by atoms with van der Waals surface area (Å²) in [5.41, 5.74) is -0.555. The van der Waals surface area contributed by atoms with Gasteiger partial charge in [0, 0.05) is 25.7 Å². The first-order valence-corrected chi connectivity index (χ1v) is 8.13. The van der Waals surface area contributed by atoms with Crippen molar-refractivity contribution in [2.45, 2.75) is 64.5 Å². The van der Waals surface area contributed by atoms with Gasteiger partial charge in [0.2, 0.25) is 0 Å². The molecular weight excluding hydrogens is 236 g/mol. The summed E-state index contributed by atoms with van der Waals surface area (Å²) >= 11 is 0. The maximum Gasteiger partial charge on any atom is 0.0718 e. The topological polar surface area (TPSA) is 26.7 Å². The Labute approximate surface area is 119 Å². The van der Waals surface area contributed by atoms with E-state index in [0.29, 0.717) is 0 Å². The number of aliphatic hydroxyl groups is 1. The molecule has 2 heterocycles. The third-order valence-corrected chi connectivity index (χ3v) is 4.65. The van der Waals surface area contributed by atoms with Gasteiger partial charge in [0.05, 0.1) is 5.60 Å². The van der Waals surface area contributed by atoms with Crippen LogP contribution in [0.4, 0.5) is 0 Å². The third-order valence-electron chi connectivity index (χ3n) is 4.65. The zero-order valence-electron chi connectivity index (χ0n) is 13.1. The predicted molar refractivity (Wildman–Crippen MR) is 80.3 cm³/mol. The van der Waals surface area contributed by atoms with Crippen molar-refractivity contribution in [3.63, 3.8) is 0 Å². The van der Waals surface area contributed by atoms with Crippen LogP contribution in [0, 0.1) is 5.92 Å². The molecule has 0 aromatic rings. The maximum absolute atomic E-state index is 9.97. The first-order chi connectivity index (χ1) is 8.94. The quantitative estimate of drug-likeness (QED) is 0.848. The predicted octanol–water partition coefficient (Wildman–Crippen LogP) is 2.34. The molecule has 0 saturated carbocycles. The zero-order valence-corrected chi connectivity index (χ0v) is 13.1. The van der Waals surface area contributed by atoms with E-state index in [0.717, 1.165) is 25.0 Å². The minimum Gasteiger partial charge on any atom is -0.389 e. The number of piperidine rings is 2. The molecule has 2 unspecified atom stereocenters. The average Bonchev–Trinajstić information content (AvgIpc) is 2.30. The lowest BCUT2D eigenvalue weighted by molar-refractivity contribution is 0.0146. The number of rotatable bonds is 4. The molecule has 2 fully saturated rings. The summed E-state index contributed by atoms with van der Waals surface area (Å²) in [7, 11) is 0. The van der Waals surface area contributed by atoms with Crippen LogP contribution in [-0.4, -0.2) is 59.3 Å². The molecule has 2 rings (SSSR count). The summed E-state index contributed by atoms with van der Waals surface area (Å²) in [4.78, 5) is 5.16. The molecule has 3 nitrogen and oxygen atoms in total. The van der Waals surface area contributed by atoms with Crippen molar-refractivity contribution >= 4 is 0 Å². The molecule has 112 valence electrons. The van der Waals surface area contributed by atoms with Crippen molar-refractivity contribution in [2.75, 3.05) is 32.7 Å². The lowest BCUT2D eigenvalue weighted by Gasteiger charge is -2.40. The van der Waals surface area contributed by atoms with E-state index in [-0.39, 0.29) is 0 Å². The fourth-order valence-electron chi connectivity index (χ4n) is 3.75. The molecule has 19 heavy (non-hydrogen) atoms. The van der Waals surface area contributed by atoms with Crippen LogP contribution < -0.4 is 0 Å². The molecule has 0 bridgehead atoms.